The number of hydrogen-bond donors (Lipinski definition) is 1. The van der Waals surface area contributed by atoms with Crippen LogP contribution in [0.4, 0.5) is 0 Å². The van der Waals surface area contributed by atoms with Gasteiger partial charge in [0, 0.05) is 6.07 Å². The normalized spacial score (nSPS) is 10.9. The van der Waals surface area contributed by atoms with E-state index >= 15 is 0 Å². The van der Waals surface area contributed by atoms with Crippen molar-refractivity contribution in [2.45, 2.75) is 0 Å². The fourth-order valence-corrected chi connectivity index (χ4v) is 1.98. The van der Waals surface area contributed by atoms with Gasteiger partial charge in [-0.1, -0.05) is 36.4 Å². The van der Waals surface area contributed by atoms with Crippen LogP contribution < -0.4 is 0 Å². The maximum Gasteiger partial charge on any atom is 0.153 e. The van der Waals surface area contributed by atoms with Crippen molar-refractivity contribution in [1.29, 1.82) is 0 Å². The van der Waals surface area contributed by atoms with E-state index in [0.717, 1.165) is 5.56 Å². The molecule has 0 bridgehead atoms. The number of carbonyl (C=O) groups is 1. The summed E-state index contributed by atoms with van der Waals surface area (Å²) in [5.41, 5.74) is 2.59. The molecular formula is C17H13N3O2. The standard InChI is InChI=1S/C17H13N3O2/c21-12-14-7-9-16(10-17(14)22)20-18-11-15(19-20)8-6-13-4-2-1-3-5-13/h1-12,22H. The lowest BCUT2D eigenvalue weighted by atomic mass is 10.2. The van der Waals surface area contributed by atoms with Crippen molar-refractivity contribution in [1.82, 2.24) is 15.0 Å². The Balaban J connectivity index is 1.83. The van der Waals surface area contributed by atoms with Crippen LogP contribution in [0.1, 0.15) is 21.6 Å². The van der Waals surface area contributed by atoms with E-state index < -0.39 is 0 Å². The number of aromatic hydroxyl groups is 1. The van der Waals surface area contributed by atoms with Gasteiger partial charge >= 0.3 is 0 Å². The molecule has 0 radical (unpaired) electrons. The largest absolute Gasteiger partial charge is 0.507 e. The summed E-state index contributed by atoms with van der Waals surface area (Å²) in [6, 6.07) is 14.5. The molecule has 22 heavy (non-hydrogen) atoms. The zero-order valence-corrected chi connectivity index (χ0v) is 11.6. The van der Waals surface area contributed by atoms with Gasteiger partial charge in [0.2, 0.25) is 0 Å². The minimum Gasteiger partial charge on any atom is -0.507 e. The van der Waals surface area contributed by atoms with Crippen LogP contribution in [0.5, 0.6) is 5.75 Å². The van der Waals surface area contributed by atoms with Crippen LogP contribution in [-0.2, 0) is 0 Å². The molecule has 1 N–H and O–H groups in total. The molecule has 0 spiro atoms. The van der Waals surface area contributed by atoms with Crippen LogP contribution in [-0.4, -0.2) is 26.4 Å². The Morgan fingerprint density at radius 2 is 1.86 bits per heavy atom. The van der Waals surface area contributed by atoms with Crippen LogP contribution >= 0.6 is 0 Å². The van der Waals surface area contributed by atoms with Crippen molar-refractivity contribution in [3.8, 4) is 11.4 Å². The van der Waals surface area contributed by atoms with Gasteiger partial charge in [-0.05, 0) is 23.8 Å². The first-order chi connectivity index (χ1) is 10.8. The van der Waals surface area contributed by atoms with Crippen molar-refractivity contribution in [3.05, 3.63) is 71.5 Å². The summed E-state index contributed by atoms with van der Waals surface area (Å²) in [6.45, 7) is 0. The fraction of sp³-hybridized carbons (Fsp3) is 0. The second-order valence-electron chi connectivity index (χ2n) is 4.66. The molecule has 0 aliphatic heterocycles. The molecule has 1 aromatic heterocycles. The summed E-state index contributed by atoms with van der Waals surface area (Å²) < 4.78 is 0. The predicted molar refractivity (Wildman–Crippen MR) is 83.8 cm³/mol. The predicted octanol–water partition coefficient (Wildman–Crippen LogP) is 2.96. The number of carbonyl (C=O) groups excluding carboxylic acids is 1. The summed E-state index contributed by atoms with van der Waals surface area (Å²) in [6.07, 6.45) is 6.04. The first-order valence-corrected chi connectivity index (χ1v) is 6.70. The summed E-state index contributed by atoms with van der Waals surface area (Å²) in [5, 5.41) is 18.2. The monoisotopic (exact) mass is 291 g/mol. The third-order valence-corrected chi connectivity index (χ3v) is 3.13. The van der Waals surface area contributed by atoms with E-state index in [4.69, 9.17) is 0 Å². The minimum absolute atomic E-state index is 0.0915. The molecule has 0 aliphatic carbocycles. The van der Waals surface area contributed by atoms with E-state index in [1.165, 1.54) is 16.9 Å². The Kier molecular flexibility index (Phi) is 3.78. The number of nitrogens with zero attached hydrogens (tertiary/aromatic N) is 3. The van der Waals surface area contributed by atoms with Gasteiger partial charge in [-0.15, -0.1) is 5.10 Å². The van der Waals surface area contributed by atoms with Crippen LogP contribution in [0.25, 0.3) is 17.8 Å². The summed E-state index contributed by atoms with van der Waals surface area (Å²) in [4.78, 5) is 12.1. The van der Waals surface area contributed by atoms with Gasteiger partial charge < -0.3 is 5.11 Å². The molecule has 5 nitrogen and oxygen atoms in total. The lowest BCUT2D eigenvalue weighted by Crippen LogP contribution is -1.99. The van der Waals surface area contributed by atoms with Crippen molar-refractivity contribution in [2.24, 2.45) is 0 Å². The van der Waals surface area contributed by atoms with Gasteiger partial charge in [-0.2, -0.15) is 9.90 Å². The van der Waals surface area contributed by atoms with E-state index in [-0.39, 0.29) is 11.3 Å². The number of phenols is 1. The molecule has 5 heteroatoms. The summed E-state index contributed by atoms with van der Waals surface area (Å²) >= 11 is 0. The van der Waals surface area contributed by atoms with E-state index in [0.29, 0.717) is 17.7 Å². The molecule has 0 amide bonds. The van der Waals surface area contributed by atoms with Crippen molar-refractivity contribution in [3.63, 3.8) is 0 Å². The van der Waals surface area contributed by atoms with Crippen molar-refractivity contribution >= 4 is 18.4 Å². The molecule has 108 valence electrons. The molecule has 3 aromatic rings. The molecule has 2 aromatic carbocycles. The van der Waals surface area contributed by atoms with E-state index in [2.05, 4.69) is 10.2 Å². The molecule has 0 unspecified atom stereocenters. The molecule has 1 heterocycles. The molecular weight excluding hydrogens is 278 g/mol. The first-order valence-electron chi connectivity index (χ1n) is 6.70. The van der Waals surface area contributed by atoms with E-state index in [9.17, 15) is 9.90 Å². The Bertz CT molecular complexity index is 823. The number of rotatable bonds is 4. The summed E-state index contributed by atoms with van der Waals surface area (Å²) in [7, 11) is 0. The maximum absolute atomic E-state index is 10.7. The fourth-order valence-electron chi connectivity index (χ4n) is 1.98. The Morgan fingerprint density at radius 1 is 1.05 bits per heavy atom. The quantitative estimate of drug-likeness (QED) is 0.750. The average molecular weight is 291 g/mol. The van der Waals surface area contributed by atoms with Gasteiger partial charge in [-0.3, -0.25) is 4.79 Å². The third-order valence-electron chi connectivity index (χ3n) is 3.13. The zero-order valence-electron chi connectivity index (χ0n) is 11.6. The van der Waals surface area contributed by atoms with Gasteiger partial charge in [0.1, 0.15) is 11.4 Å². The third kappa shape index (κ3) is 2.93. The molecule has 0 fully saturated rings. The molecule has 0 saturated heterocycles. The van der Waals surface area contributed by atoms with Gasteiger partial charge in [0.15, 0.2) is 6.29 Å². The van der Waals surface area contributed by atoms with Gasteiger partial charge in [0.05, 0.1) is 17.4 Å². The number of benzene rings is 2. The highest BCUT2D eigenvalue weighted by Crippen LogP contribution is 2.19. The highest BCUT2D eigenvalue weighted by atomic mass is 16.3. The highest BCUT2D eigenvalue weighted by Gasteiger charge is 2.05. The smallest absolute Gasteiger partial charge is 0.153 e. The van der Waals surface area contributed by atoms with Crippen molar-refractivity contribution < 1.29 is 9.90 Å². The molecule has 0 saturated carbocycles. The van der Waals surface area contributed by atoms with Crippen LogP contribution in [0.3, 0.4) is 0 Å². The lowest BCUT2D eigenvalue weighted by molar-refractivity contribution is 0.112. The zero-order chi connectivity index (χ0) is 15.4. The van der Waals surface area contributed by atoms with E-state index in [1.807, 2.05) is 42.5 Å². The SMILES string of the molecule is O=Cc1ccc(-n2ncc(C=Cc3ccccc3)n2)cc1O. The first kappa shape index (κ1) is 13.8. The second kappa shape index (κ2) is 6.05. The lowest BCUT2D eigenvalue weighted by Gasteiger charge is -2.01. The minimum atomic E-state index is -0.0915. The Morgan fingerprint density at radius 3 is 2.59 bits per heavy atom. The average Bonchev–Trinajstić information content (AvgIpc) is 3.03. The molecule has 0 aliphatic rings. The van der Waals surface area contributed by atoms with E-state index in [1.54, 1.807) is 12.3 Å². The number of aromatic nitrogens is 3. The van der Waals surface area contributed by atoms with Gasteiger partial charge in [0.25, 0.3) is 0 Å². The van der Waals surface area contributed by atoms with Crippen LogP contribution in [0.2, 0.25) is 0 Å². The van der Waals surface area contributed by atoms with Crippen LogP contribution in [0, 0.1) is 0 Å². The second-order valence-corrected chi connectivity index (χ2v) is 4.66. The topological polar surface area (TPSA) is 68.0 Å². The van der Waals surface area contributed by atoms with Crippen LogP contribution in [0.15, 0.2) is 54.7 Å². The number of aldehydes is 1. The van der Waals surface area contributed by atoms with Gasteiger partial charge in [-0.25, -0.2) is 0 Å². The summed E-state index contributed by atoms with van der Waals surface area (Å²) in [5.74, 6) is -0.0915. The number of phenolic OH excluding ortho intramolecular Hbond substituents is 1. The molecule has 3 rings (SSSR count). The number of hydrogen-bond acceptors (Lipinski definition) is 4. The highest BCUT2D eigenvalue weighted by molar-refractivity contribution is 5.79. The Labute approximate surface area is 127 Å². The maximum atomic E-state index is 10.7. The van der Waals surface area contributed by atoms with Crippen molar-refractivity contribution in [2.75, 3.05) is 0 Å². The Hall–Kier alpha value is -3.21. The molecule has 0 atom stereocenters.